The minimum absolute atomic E-state index is 0.169. The number of aromatic nitrogens is 1. The van der Waals surface area contributed by atoms with E-state index in [0.29, 0.717) is 6.54 Å². The van der Waals surface area contributed by atoms with Crippen LogP contribution >= 0.6 is 0 Å². The number of hydrogen-bond acceptors (Lipinski definition) is 5. The summed E-state index contributed by atoms with van der Waals surface area (Å²) < 4.78 is 0. The third-order valence-corrected chi connectivity index (χ3v) is 3.12. The van der Waals surface area contributed by atoms with Gasteiger partial charge in [0.15, 0.2) is 0 Å². The van der Waals surface area contributed by atoms with Crippen molar-refractivity contribution in [1.82, 2.24) is 4.98 Å². The number of hydrogen-bond donors (Lipinski definition) is 1. The van der Waals surface area contributed by atoms with Crippen LogP contribution in [0.3, 0.4) is 0 Å². The molecule has 0 aromatic carbocycles. The van der Waals surface area contributed by atoms with E-state index < -0.39 is 10.9 Å². The number of rotatable bonds is 3. The van der Waals surface area contributed by atoms with Crippen molar-refractivity contribution in [1.29, 1.82) is 0 Å². The molecule has 1 aliphatic rings. The average molecular weight is 251 g/mol. The summed E-state index contributed by atoms with van der Waals surface area (Å²) in [5.41, 5.74) is -0.416. The molecule has 0 aliphatic carbocycles. The van der Waals surface area contributed by atoms with Crippen molar-refractivity contribution in [2.24, 2.45) is 0 Å². The summed E-state index contributed by atoms with van der Waals surface area (Å²) >= 11 is 0. The van der Waals surface area contributed by atoms with E-state index >= 15 is 0 Å². The van der Waals surface area contributed by atoms with Crippen LogP contribution in [0.2, 0.25) is 0 Å². The van der Waals surface area contributed by atoms with Crippen molar-refractivity contribution < 1.29 is 14.8 Å². The maximum absolute atomic E-state index is 11.0. The Kier molecular flexibility index (Phi) is 3.14. The van der Waals surface area contributed by atoms with Gasteiger partial charge in [0, 0.05) is 24.8 Å². The molecule has 7 heteroatoms. The van der Waals surface area contributed by atoms with E-state index in [4.69, 9.17) is 5.11 Å². The van der Waals surface area contributed by atoms with Crippen LogP contribution in [0.25, 0.3) is 0 Å². The van der Waals surface area contributed by atoms with Gasteiger partial charge in [0.05, 0.1) is 10.5 Å². The second-order valence-electron chi connectivity index (χ2n) is 4.31. The molecule has 0 bridgehead atoms. The molecule has 1 unspecified atom stereocenters. The third-order valence-electron chi connectivity index (χ3n) is 3.12. The van der Waals surface area contributed by atoms with Crippen LogP contribution in [0.4, 0.5) is 11.5 Å². The molecule has 0 radical (unpaired) electrons. The zero-order chi connectivity index (χ0) is 13.3. The highest BCUT2D eigenvalue weighted by Crippen LogP contribution is 2.31. The number of nitro groups is 1. The Morgan fingerprint density at radius 3 is 2.89 bits per heavy atom. The molecule has 0 saturated carbocycles. The average Bonchev–Trinajstić information content (AvgIpc) is 2.74. The molecule has 1 aromatic rings. The van der Waals surface area contributed by atoms with Crippen molar-refractivity contribution in [3.63, 3.8) is 0 Å². The van der Waals surface area contributed by atoms with Crippen LogP contribution in [0.15, 0.2) is 12.3 Å². The van der Waals surface area contributed by atoms with Gasteiger partial charge in [-0.25, -0.2) is 9.78 Å². The van der Waals surface area contributed by atoms with Gasteiger partial charge in [-0.3, -0.25) is 10.1 Å². The van der Waals surface area contributed by atoms with Gasteiger partial charge in [0.1, 0.15) is 0 Å². The summed E-state index contributed by atoms with van der Waals surface area (Å²) in [7, 11) is 0. The number of anilines is 1. The zero-order valence-electron chi connectivity index (χ0n) is 9.87. The fourth-order valence-corrected chi connectivity index (χ4v) is 2.17. The molecule has 0 amide bonds. The minimum atomic E-state index is -1.22. The maximum atomic E-state index is 11.0. The second kappa shape index (κ2) is 4.59. The van der Waals surface area contributed by atoms with E-state index in [2.05, 4.69) is 4.98 Å². The lowest BCUT2D eigenvalue weighted by molar-refractivity contribution is -0.384. The van der Waals surface area contributed by atoms with E-state index in [-0.39, 0.29) is 23.1 Å². The molecule has 2 heterocycles. The number of carbonyl (C=O) groups is 1. The van der Waals surface area contributed by atoms with Crippen LogP contribution in [0, 0.1) is 10.1 Å². The van der Waals surface area contributed by atoms with Gasteiger partial charge in [0.2, 0.25) is 5.82 Å². The van der Waals surface area contributed by atoms with E-state index in [0.717, 1.165) is 25.1 Å². The zero-order valence-corrected chi connectivity index (χ0v) is 9.87. The van der Waals surface area contributed by atoms with Gasteiger partial charge in [-0.2, -0.15) is 0 Å². The summed E-state index contributed by atoms with van der Waals surface area (Å²) in [6, 6.07) is 1.25. The first-order chi connectivity index (χ1) is 8.50. The lowest BCUT2D eigenvalue weighted by Crippen LogP contribution is -2.28. The topological polar surface area (TPSA) is 96.6 Å². The SMILES string of the molecule is CC1CCCN1c1ncc(C(=O)O)cc1[N+](=O)[O-]. The van der Waals surface area contributed by atoms with E-state index in [9.17, 15) is 14.9 Å². The molecule has 1 aliphatic heterocycles. The lowest BCUT2D eigenvalue weighted by atomic mass is 10.2. The predicted octanol–water partition coefficient (Wildman–Crippen LogP) is 1.68. The molecule has 1 aromatic heterocycles. The van der Waals surface area contributed by atoms with Crippen molar-refractivity contribution in [3.05, 3.63) is 27.9 Å². The highest BCUT2D eigenvalue weighted by molar-refractivity contribution is 5.88. The maximum Gasteiger partial charge on any atom is 0.337 e. The number of carboxylic acids is 1. The molecular weight excluding hydrogens is 238 g/mol. The predicted molar refractivity (Wildman–Crippen MR) is 63.9 cm³/mol. The van der Waals surface area contributed by atoms with Crippen molar-refractivity contribution in [3.8, 4) is 0 Å². The monoisotopic (exact) mass is 251 g/mol. The van der Waals surface area contributed by atoms with Crippen molar-refractivity contribution in [2.75, 3.05) is 11.4 Å². The summed E-state index contributed by atoms with van der Waals surface area (Å²) in [6.07, 6.45) is 3.08. The summed E-state index contributed by atoms with van der Waals surface area (Å²) in [5.74, 6) is -0.957. The van der Waals surface area contributed by atoms with E-state index in [1.807, 2.05) is 11.8 Å². The first-order valence-electron chi connectivity index (χ1n) is 5.65. The number of aromatic carboxylic acids is 1. The van der Waals surface area contributed by atoms with Crippen molar-refractivity contribution >= 4 is 17.5 Å². The highest BCUT2D eigenvalue weighted by Gasteiger charge is 2.29. The summed E-state index contributed by atoms with van der Waals surface area (Å²) in [5, 5.41) is 19.8. The molecule has 1 N–H and O–H groups in total. The molecule has 1 atom stereocenters. The molecule has 7 nitrogen and oxygen atoms in total. The number of carboxylic acid groups (broad SMARTS) is 1. The standard InChI is InChI=1S/C11H13N3O4/c1-7-3-2-4-13(7)10-9(14(17)18)5-8(6-12-10)11(15)16/h5-7H,2-4H2,1H3,(H,15,16). The Bertz CT molecular complexity index is 503. The smallest absolute Gasteiger partial charge is 0.337 e. The summed E-state index contributed by atoms with van der Waals surface area (Å²) in [4.78, 5) is 27.0. The van der Waals surface area contributed by atoms with Gasteiger partial charge >= 0.3 is 11.7 Å². The molecule has 96 valence electrons. The second-order valence-corrected chi connectivity index (χ2v) is 4.31. The molecule has 2 rings (SSSR count). The molecule has 1 saturated heterocycles. The van der Waals surface area contributed by atoms with Gasteiger partial charge in [-0.05, 0) is 19.8 Å². The Morgan fingerprint density at radius 2 is 2.39 bits per heavy atom. The van der Waals surface area contributed by atoms with Crippen LogP contribution < -0.4 is 4.90 Å². The largest absolute Gasteiger partial charge is 0.478 e. The first-order valence-corrected chi connectivity index (χ1v) is 5.65. The quantitative estimate of drug-likeness (QED) is 0.648. The normalized spacial score (nSPS) is 18.9. The Hall–Kier alpha value is -2.18. The Morgan fingerprint density at radius 1 is 1.67 bits per heavy atom. The Labute approximate surface area is 103 Å². The van der Waals surface area contributed by atoms with Crippen LogP contribution in [0.5, 0.6) is 0 Å². The minimum Gasteiger partial charge on any atom is -0.478 e. The summed E-state index contributed by atoms with van der Waals surface area (Å²) in [6.45, 7) is 2.69. The molecule has 0 spiro atoms. The van der Waals surface area contributed by atoms with Gasteiger partial charge < -0.3 is 10.0 Å². The number of pyridine rings is 1. The third kappa shape index (κ3) is 2.11. The first kappa shape index (κ1) is 12.3. The van der Waals surface area contributed by atoms with Crippen LogP contribution in [-0.4, -0.2) is 33.6 Å². The van der Waals surface area contributed by atoms with Gasteiger partial charge in [-0.15, -0.1) is 0 Å². The lowest BCUT2D eigenvalue weighted by Gasteiger charge is -2.22. The number of nitrogens with zero attached hydrogens (tertiary/aromatic N) is 3. The molecular formula is C11H13N3O4. The van der Waals surface area contributed by atoms with E-state index in [1.165, 1.54) is 0 Å². The van der Waals surface area contributed by atoms with Crippen LogP contribution in [0.1, 0.15) is 30.1 Å². The van der Waals surface area contributed by atoms with Gasteiger partial charge in [-0.1, -0.05) is 0 Å². The fourth-order valence-electron chi connectivity index (χ4n) is 2.17. The Balaban J connectivity index is 2.46. The fraction of sp³-hybridized carbons (Fsp3) is 0.455. The van der Waals surface area contributed by atoms with E-state index in [1.54, 1.807) is 0 Å². The van der Waals surface area contributed by atoms with Gasteiger partial charge in [0.25, 0.3) is 0 Å². The van der Waals surface area contributed by atoms with Crippen molar-refractivity contribution in [2.45, 2.75) is 25.8 Å². The molecule has 18 heavy (non-hydrogen) atoms. The highest BCUT2D eigenvalue weighted by atomic mass is 16.6. The molecule has 1 fully saturated rings. The van der Waals surface area contributed by atoms with Crippen LogP contribution in [-0.2, 0) is 0 Å².